The van der Waals surface area contributed by atoms with Crippen LogP contribution in [0.15, 0.2) is 167 Å². The maximum atomic E-state index is 6.39. The van der Waals surface area contributed by atoms with Crippen LogP contribution in [0.25, 0.3) is 110 Å². The number of benzene rings is 9. The van der Waals surface area contributed by atoms with Gasteiger partial charge < -0.3 is 8.83 Å². The van der Waals surface area contributed by atoms with Crippen LogP contribution in [0.3, 0.4) is 0 Å². The Hall–Kier alpha value is -6.64. The predicted octanol–water partition coefficient (Wildman–Crippen LogP) is 14.6. The predicted molar refractivity (Wildman–Crippen MR) is 222 cm³/mol. The quantitative estimate of drug-likeness (QED) is 0.182. The van der Waals surface area contributed by atoms with Crippen molar-refractivity contribution in [1.29, 1.82) is 0 Å². The molecule has 12 rings (SSSR count). The third-order valence-electron chi connectivity index (χ3n) is 12.0. The highest BCUT2D eigenvalue weighted by Gasteiger charge is 2.37. The Morgan fingerprint density at radius 2 is 0.830 bits per heavy atom. The monoisotopic (exact) mass is 676 g/mol. The molecule has 0 saturated heterocycles. The fourth-order valence-corrected chi connectivity index (χ4v) is 9.27. The van der Waals surface area contributed by atoms with Crippen molar-refractivity contribution in [1.82, 2.24) is 0 Å². The highest BCUT2D eigenvalue weighted by atomic mass is 16.3. The first-order valence-electron chi connectivity index (χ1n) is 18.4. The first-order valence-corrected chi connectivity index (χ1v) is 18.4. The van der Waals surface area contributed by atoms with Gasteiger partial charge in [-0.3, -0.25) is 0 Å². The molecule has 0 spiro atoms. The molecule has 0 amide bonds. The Morgan fingerprint density at radius 1 is 0.340 bits per heavy atom. The van der Waals surface area contributed by atoms with Crippen molar-refractivity contribution >= 4 is 76.2 Å². The molecule has 53 heavy (non-hydrogen) atoms. The molecule has 1 aliphatic carbocycles. The standard InChI is InChI=1S/C51H32O2/c1-51(2)44-25-34(33-16-19-46-40(23-33)42-21-29-9-3-5-11-31(29)26-48(42)52-46)15-18-38(44)50-37-14-8-7-13-36(37)39(28-45(50)51)35-17-20-47-41(24-35)43-22-30-10-4-6-12-32(30)27-49(43)53-47/h3-28H,1-2H3. The molecule has 2 heteroatoms. The minimum absolute atomic E-state index is 0.198. The van der Waals surface area contributed by atoms with E-state index in [0.717, 1.165) is 43.9 Å². The van der Waals surface area contributed by atoms with Crippen molar-refractivity contribution in [3.8, 4) is 33.4 Å². The molecular formula is C51H32O2. The van der Waals surface area contributed by atoms with Gasteiger partial charge in [-0.25, -0.2) is 0 Å². The third-order valence-corrected chi connectivity index (χ3v) is 12.0. The van der Waals surface area contributed by atoms with E-state index in [0.29, 0.717) is 0 Å². The first kappa shape index (κ1) is 29.0. The summed E-state index contributed by atoms with van der Waals surface area (Å²) in [6.07, 6.45) is 0. The van der Waals surface area contributed by atoms with Gasteiger partial charge in [-0.1, -0.05) is 111 Å². The first-order chi connectivity index (χ1) is 26.0. The Balaban J connectivity index is 1.01. The summed E-state index contributed by atoms with van der Waals surface area (Å²) in [5.41, 5.74) is 13.8. The minimum Gasteiger partial charge on any atom is -0.456 e. The van der Waals surface area contributed by atoms with Gasteiger partial charge in [0.05, 0.1) is 0 Å². The van der Waals surface area contributed by atoms with E-state index in [1.807, 2.05) is 0 Å². The average molecular weight is 677 g/mol. The van der Waals surface area contributed by atoms with Crippen LogP contribution in [0, 0.1) is 0 Å². The molecule has 9 aromatic carbocycles. The van der Waals surface area contributed by atoms with Crippen LogP contribution in [0.1, 0.15) is 25.0 Å². The van der Waals surface area contributed by atoms with Gasteiger partial charge in [0.2, 0.25) is 0 Å². The molecule has 0 N–H and O–H groups in total. The van der Waals surface area contributed by atoms with Crippen LogP contribution in [-0.2, 0) is 5.41 Å². The molecule has 0 saturated carbocycles. The minimum atomic E-state index is -0.198. The van der Waals surface area contributed by atoms with Gasteiger partial charge in [0.1, 0.15) is 22.3 Å². The molecule has 0 radical (unpaired) electrons. The SMILES string of the molecule is CC1(C)c2cc(-c3ccc4oc5cc6ccccc6cc5c4c3)ccc2-c2c1cc(-c1ccc3oc4cc5ccccc5cc4c3c1)c1ccccc21. The third kappa shape index (κ3) is 4.04. The van der Waals surface area contributed by atoms with Crippen molar-refractivity contribution in [2.24, 2.45) is 0 Å². The van der Waals surface area contributed by atoms with E-state index in [4.69, 9.17) is 8.83 Å². The largest absolute Gasteiger partial charge is 0.456 e. The molecule has 0 bridgehead atoms. The molecule has 0 unspecified atom stereocenters. The summed E-state index contributed by atoms with van der Waals surface area (Å²) in [6.45, 7) is 4.77. The second kappa shape index (κ2) is 10.2. The fourth-order valence-electron chi connectivity index (χ4n) is 9.27. The van der Waals surface area contributed by atoms with Gasteiger partial charge in [-0.2, -0.15) is 0 Å². The van der Waals surface area contributed by atoms with Crippen LogP contribution in [0.4, 0.5) is 0 Å². The van der Waals surface area contributed by atoms with E-state index in [1.165, 1.54) is 76.8 Å². The lowest BCUT2D eigenvalue weighted by molar-refractivity contribution is 0.661. The average Bonchev–Trinajstić information content (AvgIpc) is 3.81. The molecule has 0 atom stereocenters. The normalized spacial score (nSPS) is 13.6. The van der Waals surface area contributed by atoms with E-state index in [2.05, 4.69) is 172 Å². The van der Waals surface area contributed by atoms with Crippen molar-refractivity contribution in [2.75, 3.05) is 0 Å². The lowest BCUT2D eigenvalue weighted by Gasteiger charge is -2.23. The van der Waals surface area contributed by atoms with Crippen LogP contribution in [0.2, 0.25) is 0 Å². The van der Waals surface area contributed by atoms with Gasteiger partial charge in [0, 0.05) is 27.0 Å². The van der Waals surface area contributed by atoms with Gasteiger partial charge >= 0.3 is 0 Å². The fraction of sp³-hybridized carbons (Fsp3) is 0.0588. The number of rotatable bonds is 2. The number of hydrogen-bond donors (Lipinski definition) is 0. The molecular weight excluding hydrogens is 645 g/mol. The highest BCUT2D eigenvalue weighted by Crippen LogP contribution is 2.54. The number of fused-ring (bicyclic) bond motifs is 13. The molecule has 248 valence electrons. The van der Waals surface area contributed by atoms with Crippen molar-refractivity contribution in [2.45, 2.75) is 19.3 Å². The lowest BCUT2D eigenvalue weighted by atomic mass is 9.80. The van der Waals surface area contributed by atoms with E-state index < -0.39 is 0 Å². The summed E-state index contributed by atoms with van der Waals surface area (Å²) in [7, 11) is 0. The molecule has 0 aliphatic heterocycles. The van der Waals surface area contributed by atoms with Crippen LogP contribution >= 0.6 is 0 Å². The smallest absolute Gasteiger partial charge is 0.136 e. The molecule has 11 aromatic rings. The number of hydrogen-bond acceptors (Lipinski definition) is 2. The lowest BCUT2D eigenvalue weighted by Crippen LogP contribution is -2.15. The Labute approximate surface area is 305 Å². The van der Waals surface area contributed by atoms with E-state index in [1.54, 1.807) is 0 Å². The summed E-state index contributed by atoms with van der Waals surface area (Å²) >= 11 is 0. The van der Waals surface area contributed by atoms with Gasteiger partial charge in [-0.05, 0) is 137 Å². The van der Waals surface area contributed by atoms with Crippen LogP contribution < -0.4 is 0 Å². The Morgan fingerprint density at radius 3 is 1.47 bits per heavy atom. The van der Waals surface area contributed by atoms with Crippen molar-refractivity contribution < 1.29 is 8.83 Å². The topological polar surface area (TPSA) is 26.3 Å². The van der Waals surface area contributed by atoms with Crippen molar-refractivity contribution in [3.63, 3.8) is 0 Å². The van der Waals surface area contributed by atoms with E-state index in [9.17, 15) is 0 Å². The van der Waals surface area contributed by atoms with Crippen LogP contribution in [-0.4, -0.2) is 0 Å². The van der Waals surface area contributed by atoms with E-state index >= 15 is 0 Å². The van der Waals surface area contributed by atoms with Gasteiger partial charge in [0.25, 0.3) is 0 Å². The molecule has 2 nitrogen and oxygen atoms in total. The summed E-state index contributed by atoms with van der Waals surface area (Å²) < 4.78 is 12.7. The summed E-state index contributed by atoms with van der Waals surface area (Å²) in [6, 6.07) is 57.7. The zero-order valence-electron chi connectivity index (χ0n) is 29.3. The number of furan rings is 2. The summed E-state index contributed by atoms with van der Waals surface area (Å²) in [5.74, 6) is 0. The maximum Gasteiger partial charge on any atom is 0.136 e. The molecule has 2 heterocycles. The highest BCUT2D eigenvalue weighted by molar-refractivity contribution is 6.14. The zero-order valence-corrected chi connectivity index (χ0v) is 29.3. The molecule has 1 aliphatic rings. The van der Waals surface area contributed by atoms with Crippen molar-refractivity contribution in [3.05, 3.63) is 169 Å². The Bertz CT molecular complexity index is 3370. The maximum absolute atomic E-state index is 6.39. The Kier molecular flexibility index (Phi) is 5.60. The second-order valence-corrected chi connectivity index (χ2v) is 15.3. The molecule has 0 fully saturated rings. The summed E-state index contributed by atoms with van der Waals surface area (Å²) in [5, 5.41) is 12.0. The summed E-state index contributed by atoms with van der Waals surface area (Å²) in [4.78, 5) is 0. The van der Waals surface area contributed by atoms with E-state index in [-0.39, 0.29) is 5.41 Å². The zero-order chi connectivity index (χ0) is 35.0. The molecule has 2 aromatic heterocycles. The van der Waals surface area contributed by atoms with Gasteiger partial charge in [0.15, 0.2) is 0 Å². The van der Waals surface area contributed by atoms with Crippen LogP contribution in [0.5, 0.6) is 0 Å². The second-order valence-electron chi connectivity index (χ2n) is 15.3. The van der Waals surface area contributed by atoms with Gasteiger partial charge in [-0.15, -0.1) is 0 Å².